The molecule has 0 amide bonds. The van der Waals surface area contributed by atoms with E-state index in [4.69, 9.17) is 27.9 Å². The summed E-state index contributed by atoms with van der Waals surface area (Å²) in [5.41, 5.74) is 1.91. The molecule has 0 unspecified atom stereocenters. The van der Waals surface area contributed by atoms with Gasteiger partial charge in [0.15, 0.2) is 0 Å². The van der Waals surface area contributed by atoms with E-state index in [1.165, 1.54) is 0 Å². The van der Waals surface area contributed by atoms with Gasteiger partial charge in [-0.05, 0) is 35.9 Å². The highest BCUT2D eigenvalue weighted by Crippen LogP contribution is 2.25. The summed E-state index contributed by atoms with van der Waals surface area (Å²) in [5, 5.41) is 12.6. The van der Waals surface area contributed by atoms with Crippen LogP contribution < -0.4 is 10.1 Å². The number of carbonyl (C=O) groups is 1. The number of hydrogen-bond donors (Lipinski definition) is 2. The average Bonchev–Trinajstić information content (AvgIpc) is 2.52. The Labute approximate surface area is 133 Å². The second kappa shape index (κ2) is 7.39. The van der Waals surface area contributed by atoms with E-state index in [-0.39, 0.29) is 12.2 Å². The minimum Gasteiger partial charge on any atom is -0.479 e. The number of aromatic carboxylic acids is 1. The maximum absolute atomic E-state index is 10.9. The van der Waals surface area contributed by atoms with Crippen LogP contribution in [0.15, 0.2) is 42.5 Å². The number of anilines is 1. The second-order valence-electron chi connectivity index (χ2n) is 4.50. The molecule has 0 saturated carbocycles. The number of benzene rings is 2. The Morgan fingerprint density at radius 3 is 2.82 bits per heavy atom. The lowest BCUT2D eigenvalue weighted by Crippen LogP contribution is -2.02. The predicted molar refractivity (Wildman–Crippen MR) is 86.5 cm³/mol. The van der Waals surface area contributed by atoms with Crippen molar-refractivity contribution < 1.29 is 14.6 Å². The molecule has 0 aliphatic heterocycles. The highest BCUT2D eigenvalue weighted by Gasteiger charge is 2.05. The minimum absolute atomic E-state index is 0.166. The van der Waals surface area contributed by atoms with Gasteiger partial charge in [0, 0.05) is 12.2 Å². The number of rotatable bonds is 6. The first kappa shape index (κ1) is 15.7. The fourth-order valence-corrected chi connectivity index (χ4v) is 2.11. The van der Waals surface area contributed by atoms with Crippen molar-refractivity contribution in [2.24, 2.45) is 0 Å². The molecule has 2 aromatic carbocycles. The first-order valence-corrected chi connectivity index (χ1v) is 6.90. The van der Waals surface area contributed by atoms with Gasteiger partial charge >= 0.3 is 5.97 Å². The van der Waals surface area contributed by atoms with Crippen LogP contribution in [0.25, 0.3) is 0 Å². The normalized spacial score (nSPS) is 9.82. The lowest BCUT2D eigenvalue weighted by Gasteiger charge is -2.10. The van der Waals surface area contributed by atoms with Crippen LogP contribution in [0.2, 0.25) is 5.02 Å². The third-order valence-corrected chi connectivity index (χ3v) is 3.21. The van der Waals surface area contributed by atoms with Crippen molar-refractivity contribution in [3.8, 4) is 18.1 Å². The molecule has 0 fully saturated rings. The Bertz CT molecular complexity index is 722. The van der Waals surface area contributed by atoms with Crippen molar-refractivity contribution in [1.82, 2.24) is 0 Å². The van der Waals surface area contributed by atoms with Gasteiger partial charge in [-0.1, -0.05) is 29.7 Å². The Hall–Kier alpha value is -2.64. The van der Waals surface area contributed by atoms with E-state index in [2.05, 4.69) is 11.2 Å². The molecule has 0 aliphatic rings. The molecule has 5 heteroatoms. The summed E-state index contributed by atoms with van der Waals surface area (Å²) in [6.07, 6.45) is 5.13. The van der Waals surface area contributed by atoms with Crippen molar-refractivity contribution in [3.63, 3.8) is 0 Å². The molecular weight excluding hydrogens is 302 g/mol. The summed E-state index contributed by atoms with van der Waals surface area (Å²) < 4.78 is 5.29. The fraction of sp³-hybridized carbons (Fsp3) is 0.118. The Balaban J connectivity index is 2.03. The Morgan fingerprint density at radius 1 is 1.32 bits per heavy atom. The molecule has 2 N–H and O–H groups in total. The van der Waals surface area contributed by atoms with Gasteiger partial charge < -0.3 is 15.2 Å². The predicted octanol–water partition coefficient (Wildman–Crippen LogP) is 3.66. The lowest BCUT2D eigenvalue weighted by atomic mass is 10.2. The molecule has 0 heterocycles. The van der Waals surface area contributed by atoms with Crippen LogP contribution in [-0.2, 0) is 6.54 Å². The van der Waals surface area contributed by atoms with Crippen molar-refractivity contribution in [2.75, 3.05) is 11.9 Å². The monoisotopic (exact) mass is 315 g/mol. The minimum atomic E-state index is -0.957. The number of ether oxygens (including phenoxy) is 1. The number of hydrogen-bond acceptors (Lipinski definition) is 3. The fourth-order valence-electron chi connectivity index (χ4n) is 1.86. The summed E-state index contributed by atoms with van der Waals surface area (Å²) in [7, 11) is 0. The second-order valence-corrected chi connectivity index (χ2v) is 4.90. The molecule has 2 rings (SSSR count). The third-order valence-electron chi connectivity index (χ3n) is 2.91. The Morgan fingerprint density at radius 2 is 2.14 bits per heavy atom. The van der Waals surface area contributed by atoms with E-state index < -0.39 is 5.97 Å². The van der Waals surface area contributed by atoms with Crippen LogP contribution in [0.5, 0.6) is 5.75 Å². The van der Waals surface area contributed by atoms with Crippen LogP contribution in [0.1, 0.15) is 15.9 Å². The molecule has 0 spiro atoms. The summed E-state index contributed by atoms with van der Waals surface area (Å²) in [5.74, 6) is 1.96. The van der Waals surface area contributed by atoms with Crippen LogP contribution in [0.4, 0.5) is 5.69 Å². The zero-order valence-corrected chi connectivity index (χ0v) is 12.4. The number of nitrogens with one attached hydrogen (secondary N) is 1. The molecule has 22 heavy (non-hydrogen) atoms. The van der Waals surface area contributed by atoms with Gasteiger partial charge in [-0.15, -0.1) is 6.42 Å². The molecule has 0 aromatic heterocycles. The summed E-state index contributed by atoms with van der Waals surface area (Å²) in [6.45, 7) is 0.678. The van der Waals surface area contributed by atoms with Crippen molar-refractivity contribution in [2.45, 2.75) is 6.54 Å². The average molecular weight is 316 g/mol. The van der Waals surface area contributed by atoms with Gasteiger partial charge in [0.05, 0.1) is 10.6 Å². The maximum atomic E-state index is 10.9. The zero-order valence-electron chi connectivity index (χ0n) is 11.7. The van der Waals surface area contributed by atoms with Gasteiger partial charge in [-0.25, -0.2) is 4.79 Å². The zero-order chi connectivity index (χ0) is 15.9. The maximum Gasteiger partial charge on any atom is 0.335 e. The van der Waals surface area contributed by atoms with Gasteiger partial charge in [0.2, 0.25) is 0 Å². The van der Waals surface area contributed by atoms with Gasteiger partial charge in [0.1, 0.15) is 12.4 Å². The number of carboxylic acid groups (broad SMARTS) is 1. The van der Waals surface area contributed by atoms with E-state index in [0.29, 0.717) is 17.3 Å². The summed E-state index contributed by atoms with van der Waals surface area (Å²) in [6, 6.07) is 12.0. The standard InChI is InChI=1S/C17H14ClNO3/c1-2-8-22-16-7-6-12(9-15(16)18)11-19-14-5-3-4-13(10-14)17(20)21/h1,3-7,9-10,19H,8,11H2,(H,20,21). The molecular formula is C17H14ClNO3. The summed E-state index contributed by atoms with van der Waals surface area (Å²) in [4.78, 5) is 10.9. The molecule has 0 atom stereocenters. The number of halogens is 1. The van der Waals surface area contributed by atoms with Crippen LogP contribution in [-0.4, -0.2) is 17.7 Å². The molecule has 0 bridgehead atoms. The van der Waals surface area contributed by atoms with Gasteiger partial charge in [-0.2, -0.15) is 0 Å². The third kappa shape index (κ3) is 4.18. The molecule has 0 saturated heterocycles. The molecule has 0 radical (unpaired) electrons. The lowest BCUT2D eigenvalue weighted by molar-refractivity contribution is 0.0697. The molecule has 2 aromatic rings. The SMILES string of the molecule is C#CCOc1ccc(CNc2cccc(C(=O)O)c2)cc1Cl. The summed E-state index contributed by atoms with van der Waals surface area (Å²) >= 11 is 6.11. The van der Waals surface area contributed by atoms with Crippen LogP contribution in [0.3, 0.4) is 0 Å². The van der Waals surface area contributed by atoms with E-state index in [1.807, 2.05) is 6.07 Å². The van der Waals surface area contributed by atoms with E-state index >= 15 is 0 Å². The number of terminal acetylenes is 1. The van der Waals surface area contributed by atoms with Crippen molar-refractivity contribution in [3.05, 3.63) is 58.6 Å². The molecule has 4 nitrogen and oxygen atoms in total. The topological polar surface area (TPSA) is 58.6 Å². The molecule has 0 aliphatic carbocycles. The van der Waals surface area contributed by atoms with Crippen molar-refractivity contribution in [1.29, 1.82) is 0 Å². The van der Waals surface area contributed by atoms with Gasteiger partial charge in [-0.3, -0.25) is 0 Å². The van der Waals surface area contributed by atoms with E-state index in [0.717, 1.165) is 11.3 Å². The van der Waals surface area contributed by atoms with Crippen molar-refractivity contribution >= 4 is 23.3 Å². The Kier molecular flexibility index (Phi) is 5.29. The van der Waals surface area contributed by atoms with Crippen LogP contribution >= 0.6 is 11.6 Å². The highest BCUT2D eigenvalue weighted by molar-refractivity contribution is 6.32. The highest BCUT2D eigenvalue weighted by atomic mass is 35.5. The largest absolute Gasteiger partial charge is 0.479 e. The quantitative estimate of drug-likeness (QED) is 0.799. The smallest absolute Gasteiger partial charge is 0.335 e. The molecule has 112 valence electrons. The van der Waals surface area contributed by atoms with E-state index in [9.17, 15) is 4.79 Å². The first-order valence-electron chi connectivity index (χ1n) is 6.52. The first-order chi connectivity index (χ1) is 10.6. The van der Waals surface area contributed by atoms with E-state index in [1.54, 1.807) is 36.4 Å². The number of carboxylic acids is 1. The van der Waals surface area contributed by atoms with Gasteiger partial charge in [0.25, 0.3) is 0 Å². The van der Waals surface area contributed by atoms with Crippen LogP contribution in [0, 0.1) is 12.3 Å².